The maximum Gasteiger partial charge on any atom is 0.105 e. The highest BCUT2D eigenvalue weighted by Gasteiger charge is 2.21. The second-order valence-corrected chi connectivity index (χ2v) is 3.96. The van der Waals surface area contributed by atoms with Crippen molar-refractivity contribution >= 4 is 0 Å². The minimum absolute atomic E-state index is 0.669. The first kappa shape index (κ1) is 8.75. The summed E-state index contributed by atoms with van der Waals surface area (Å²) in [5.74, 6) is 1.80. The topological polar surface area (TPSA) is 43.8 Å². The Balaban J connectivity index is 2.32. The van der Waals surface area contributed by atoms with Crippen LogP contribution in [0.3, 0.4) is 0 Å². The largest absolute Gasteiger partial charge is 0.335 e. The number of hydrogen-bond acceptors (Lipinski definition) is 2. The van der Waals surface area contributed by atoms with Gasteiger partial charge in [-0.1, -0.05) is 0 Å². The maximum atomic E-state index is 5.69. The zero-order chi connectivity index (χ0) is 9.42. The second kappa shape index (κ2) is 3.14. The van der Waals surface area contributed by atoms with Crippen LogP contribution in [0.25, 0.3) is 0 Å². The van der Waals surface area contributed by atoms with Gasteiger partial charge in [0.15, 0.2) is 0 Å². The van der Waals surface area contributed by atoms with Gasteiger partial charge in [-0.3, -0.25) is 0 Å². The van der Waals surface area contributed by atoms with Gasteiger partial charge in [-0.2, -0.15) is 0 Å². The molecule has 1 aromatic rings. The maximum absolute atomic E-state index is 5.69. The summed E-state index contributed by atoms with van der Waals surface area (Å²) in [5.41, 5.74) is 8.39. The van der Waals surface area contributed by atoms with Gasteiger partial charge in [-0.25, -0.2) is 4.98 Å². The van der Waals surface area contributed by atoms with Crippen LogP contribution in [0.2, 0.25) is 0 Å². The van der Waals surface area contributed by atoms with Gasteiger partial charge in [0, 0.05) is 12.7 Å². The number of fused-ring (bicyclic) bond motifs is 1. The van der Waals surface area contributed by atoms with Crippen LogP contribution in [0.5, 0.6) is 0 Å². The normalized spacial score (nSPS) is 21.6. The van der Waals surface area contributed by atoms with Crippen LogP contribution < -0.4 is 5.73 Å². The van der Waals surface area contributed by atoms with Gasteiger partial charge in [0.05, 0.1) is 5.69 Å². The van der Waals surface area contributed by atoms with Gasteiger partial charge < -0.3 is 10.3 Å². The molecule has 1 unspecified atom stereocenters. The first-order valence-electron chi connectivity index (χ1n) is 4.93. The lowest BCUT2D eigenvalue weighted by Gasteiger charge is -2.20. The third kappa shape index (κ3) is 1.37. The smallest absolute Gasteiger partial charge is 0.105 e. The molecule has 1 aliphatic rings. The van der Waals surface area contributed by atoms with Crippen LogP contribution in [-0.4, -0.2) is 16.1 Å². The molecule has 2 rings (SSSR count). The monoisotopic (exact) mass is 179 g/mol. The highest BCUT2D eigenvalue weighted by molar-refractivity contribution is 5.20. The molecule has 3 nitrogen and oxygen atoms in total. The molecular formula is C10H17N3. The molecule has 3 heteroatoms. The first-order chi connectivity index (χ1) is 6.22. The fourth-order valence-corrected chi connectivity index (χ4v) is 2.10. The lowest BCUT2D eigenvalue weighted by molar-refractivity contribution is 0.453. The summed E-state index contributed by atoms with van der Waals surface area (Å²) < 4.78 is 2.21. The third-order valence-electron chi connectivity index (χ3n) is 3.12. The Morgan fingerprint density at radius 1 is 1.62 bits per heavy atom. The molecule has 1 aliphatic carbocycles. The number of hydrogen-bond donors (Lipinski definition) is 1. The van der Waals surface area contributed by atoms with Crippen molar-refractivity contribution in [1.29, 1.82) is 0 Å². The van der Waals surface area contributed by atoms with Crippen molar-refractivity contribution in [2.75, 3.05) is 6.54 Å². The number of imidazole rings is 1. The molecule has 1 aromatic heterocycles. The Bertz CT molecular complexity index is 314. The summed E-state index contributed by atoms with van der Waals surface area (Å²) in [6.45, 7) is 2.87. The standard InChI is InChI=1S/C10H17N3/c1-7-12-9-4-3-8(6-11)5-10(9)13(7)2/h8H,3-6,11H2,1-2H3. The lowest BCUT2D eigenvalue weighted by atomic mass is 9.90. The predicted octanol–water partition coefficient (Wildman–Crippen LogP) is 0.792. The van der Waals surface area contributed by atoms with Gasteiger partial charge in [0.25, 0.3) is 0 Å². The molecular weight excluding hydrogens is 162 g/mol. The van der Waals surface area contributed by atoms with Crippen LogP contribution in [0.1, 0.15) is 23.6 Å². The van der Waals surface area contributed by atoms with Gasteiger partial charge in [-0.15, -0.1) is 0 Å². The Labute approximate surface area is 79.0 Å². The van der Waals surface area contributed by atoms with Gasteiger partial charge in [0.1, 0.15) is 5.82 Å². The number of nitrogens with two attached hydrogens (primary N) is 1. The van der Waals surface area contributed by atoms with E-state index >= 15 is 0 Å². The van der Waals surface area contributed by atoms with Gasteiger partial charge >= 0.3 is 0 Å². The second-order valence-electron chi connectivity index (χ2n) is 3.96. The fourth-order valence-electron chi connectivity index (χ4n) is 2.10. The number of nitrogens with zero attached hydrogens (tertiary/aromatic N) is 2. The molecule has 0 aliphatic heterocycles. The summed E-state index contributed by atoms with van der Waals surface area (Å²) in [7, 11) is 2.10. The van der Waals surface area contributed by atoms with Crippen LogP contribution in [0.15, 0.2) is 0 Å². The van der Waals surface area contributed by atoms with Crippen molar-refractivity contribution in [1.82, 2.24) is 9.55 Å². The van der Waals surface area contributed by atoms with Crippen molar-refractivity contribution in [3.8, 4) is 0 Å². The molecule has 0 bridgehead atoms. The van der Waals surface area contributed by atoms with Crippen molar-refractivity contribution in [3.63, 3.8) is 0 Å². The molecule has 0 fully saturated rings. The minimum Gasteiger partial charge on any atom is -0.335 e. The highest BCUT2D eigenvalue weighted by Crippen LogP contribution is 2.24. The average molecular weight is 179 g/mol. The first-order valence-corrected chi connectivity index (χ1v) is 4.93. The molecule has 0 saturated carbocycles. The molecule has 1 heterocycles. The zero-order valence-electron chi connectivity index (χ0n) is 8.38. The highest BCUT2D eigenvalue weighted by atomic mass is 15.1. The fraction of sp³-hybridized carbons (Fsp3) is 0.700. The van der Waals surface area contributed by atoms with Crippen molar-refractivity contribution in [2.45, 2.75) is 26.2 Å². The van der Waals surface area contributed by atoms with Crippen LogP contribution in [0.4, 0.5) is 0 Å². The summed E-state index contributed by atoms with van der Waals surface area (Å²) in [6, 6.07) is 0. The summed E-state index contributed by atoms with van der Waals surface area (Å²) in [4.78, 5) is 4.54. The van der Waals surface area contributed by atoms with Crippen molar-refractivity contribution < 1.29 is 0 Å². The van der Waals surface area contributed by atoms with E-state index in [1.807, 2.05) is 0 Å². The van der Waals surface area contributed by atoms with Gasteiger partial charge in [-0.05, 0) is 38.6 Å². The lowest BCUT2D eigenvalue weighted by Crippen LogP contribution is -2.23. The Kier molecular flexibility index (Phi) is 2.12. The molecule has 0 amide bonds. The molecule has 0 radical (unpaired) electrons. The molecule has 0 spiro atoms. The van der Waals surface area contributed by atoms with E-state index in [2.05, 4.69) is 23.5 Å². The van der Waals surface area contributed by atoms with Crippen LogP contribution in [0, 0.1) is 12.8 Å². The predicted molar refractivity (Wildman–Crippen MR) is 52.5 cm³/mol. The van der Waals surface area contributed by atoms with E-state index in [0.29, 0.717) is 5.92 Å². The van der Waals surface area contributed by atoms with E-state index < -0.39 is 0 Å². The van der Waals surface area contributed by atoms with E-state index in [1.165, 1.54) is 17.8 Å². The number of aromatic nitrogens is 2. The quantitative estimate of drug-likeness (QED) is 0.692. The van der Waals surface area contributed by atoms with Crippen LogP contribution >= 0.6 is 0 Å². The third-order valence-corrected chi connectivity index (χ3v) is 3.12. The minimum atomic E-state index is 0.669. The number of aryl methyl sites for hydroxylation is 2. The molecule has 13 heavy (non-hydrogen) atoms. The average Bonchev–Trinajstić information content (AvgIpc) is 2.43. The van der Waals surface area contributed by atoms with E-state index in [1.54, 1.807) is 0 Å². The summed E-state index contributed by atoms with van der Waals surface area (Å²) in [5, 5.41) is 0. The van der Waals surface area contributed by atoms with E-state index in [9.17, 15) is 0 Å². The zero-order valence-corrected chi connectivity index (χ0v) is 8.38. The Morgan fingerprint density at radius 2 is 2.38 bits per heavy atom. The number of rotatable bonds is 1. The SMILES string of the molecule is Cc1nc2c(n1C)CC(CN)CC2. The molecule has 1 atom stereocenters. The Hall–Kier alpha value is -0.830. The van der Waals surface area contributed by atoms with E-state index in [-0.39, 0.29) is 0 Å². The molecule has 2 N–H and O–H groups in total. The Morgan fingerprint density at radius 3 is 3.08 bits per heavy atom. The molecule has 0 saturated heterocycles. The van der Waals surface area contributed by atoms with Crippen LogP contribution in [-0.2, 0) is 19.9 Å². The molecule has 72 valence electrons. The van der Waals surface area contributed by atoms with Crippen molar-refractivity contribution in [3.05, 3.63) is 17.2 Å². The van der Waals surface area contributed by atoms with E-state index in [4.69, 9.17) is 5.73 Å². The van der Waals surface area contributed by atoms with Crippen molar-refractivity contribution in [2.24, 2.45) is 18.7 Å². The van der Waals surface area contributed by atoms with E-state index in [0.717, 1.165) is 25.2 Å². The summed E-state index contributed by atoms with van der Waals surface area (Å²) in [6.07, 6.45) is 3.43. The van der Waals surface area contributed by atoms with Gasteiger partial charge in [0.2, 0.25) is 0 Å². The summed E-state index contributed by atoms with van der Waals surface area (Å²) >= 11 is 0. The molecule has 0 aromatic carbocycles.